The second kappa shape index (κ2) is 11.1. The minimum atomic E-state index is -4.02. The topological polar surface area (TPSA) is 75.7 Å². The lowest BCUT2D eigenvalue weighted by molar-refractivity contribution is -0.120. The van der Waals surface area contributed by atoms with Gasteiger partial charge >= 0.3 is 0 Å². The molecule has 0 spiro atoms. The lowest BCUT2D eigenvalue weighted by Crippen LogP contribution is -2.42. The van der Waals surface area contributed by atoms with Crippen molar-refractivity contribution in [2.24, 2.45) is 0 Å². The molecule has 1 amide bonds. The van der Waals surface area contributed by atoms with Crippen molar-refractivity contribution in [3.8, 4) is 5.75 Å². The van der Waals surface area contributed by atoms with E-state index in [1.54, 1.807) is 49.6 Å². The third kappa shape index (κ3) is 6.16. The van der Waals surface area contributed by atoms with Crippen LogP contribution in [0.1, 0.15) is 41.6 Å². The van der Waals surface area contributed by atoms with Crippen LogP contribution >= 0.6 is 11.6 Å². The summed E-state index contributed by atoms with van der Waals surface area (Å²) in [6.07, 6.45) is 0.637. The quantitative estimate of drug-likeness (QED) is 0.395. The molecule has 0 aliphatic carbocycles. The number of carbonyl (C=O) groups excluding carboxylic acids is 1. The molecule has 0 bridgehead atoms. The van der Waals surface area contributed by atoms with Gasteiger partial charge in [-0.05, 0) is 74.2 Å². The molecule has 0 aliphatic heterocycles. The Bertz CT molecular complexity index is 1310. The number of benzene rings is 3. The van der Waals surface area contributed by atoms with Gasteiger partial charge in [0.05, 0.1) is 23.7 Å². The van der Waals surface area contributed by atoms with Crippen molar-refractivity contribution in [3.63, 3.8) is 0 Å². The van der Waals surface area contributed by atoms with Crippen LogP contribution in [0, 0.1) is 20.8 Å². The van der Waals surface area contributed by atoms with Crippen LogP contribution in [-0.4, -0.2) is 28.0 Å². The molecule has 0 aromatic heterocycles. The van der Waals surface area contributed by atoms with Gasteiger partial charge in [-0.2, -0.15) is 0 Å². The van der Waals surface area contributed by atoms with Gasteiger partial charge in [0, 0.05) is 5.02 Å². The average molecular weight is 515 g/mol. The van der Waals surface area contributed by atoms with Crippen molar-refractivity contribution in [3.05, 3.63) is 87.9 Å². The van der Waals surface area contributed by atoms with Crippen molar-refractivity contribution < 1.29 is 17.9 Å². The Hall–Kier alpha value is -3.03. The molecule has 3 aromatic carbocycles. The number of carbonyl (C=O) groups is 1. The zero-order chi connectivity index (χ0) is 25.8. The monoisotopic (exact) mass is 514 g/mol. The molecule has 0 heterocycles. The third-order valence-corrected chi connectivity index (χ3v) is 8.10. The van der Waals surface area contributed by atoms with Crippen molar-refractivity contribution in [1.82, 2.24) is 5.32 Å². The number of rotatable bonds is 9. The van der Waals surface area contributed by atoms with E-state index in [0.717, 1.165) is 32.3 Å². The number of hydrogen-bond acceptors (Lipinski definition) is 4. The van der Waals surface area contributed by atoms with Crippen LogP contribution in [0.3, 0.4) is 0 Å². The standard InChI is InChI=1S/C27H31ClN2O4S/c1-6-25(21-10-14-26(34-5)20(4)15-21)29-27(31)17-30(22-11-9-19(3)24(28)16-22)35(32,33)23-12-7-18(2)8-13-23/h7-16,25H,6,17H2,1-5H3,(H,29,31)/t25-/m1/s1. The summed E-state index contributed by atoms with van der Waals surface area (Å²) in [5, 5.41) is 3.41. The Labute approximate surface area is 212 Å². The van der Waals surface area contributed by atoms with Crippen LogP contribution in [-0.2, 0) is 14.8 Å². The molecule has 1 atom stereocenters. The highest BCUT2D eigenvalue weighted by Gasteiger charge is 2.28. The first kappa shape index (κ1) is 26.6. The minimum absolute atomic E-state index is 0.102. The SMILES string of the molecule is CC[C@@H](NC(=O)CN(c1ccc(C)c(Cl)c1)S(=O)(=O)c1ccc(C)cc1)c1ccc(OC)c(C)c1. The van der Waals surface area contributed by atoms with Gasteiger partial charge in [-0.3, -0.25) is 9.10 Å². The number of sulfonamides is 1. The van der Waals surface area contributed by atoms with Gasteiger partial charge < -0.3 is 10.1 Å². The van der Waals surface area contributed by atoms with Gasteiger partial charge in [-0.15, -0.1) is 0 Å². The number of methoxy groups -OCH3 is 1. The Morgan fingerprint density at radius 3 is 2.26 bits per heavy atom. The summed E-state index contributed by atoms with van der Waals surface area (Å²) in [4.78, 5) is 13.3. The smallest absolute Gasteiger partial charge is 0.264 e. The molecule has 1 N–H and O–H groups in total. The highest BCUT2D eigenvalue weighted by atomic mass is 35.5. The molecular formula is C27H31ClN2O4S. The molecule has 0 saturated heterocycles. The maximum atomic E-state index is 13.6. The molecule has 6 nitrogen and oxygen atoms in total. The number of nitrogens with zero attached hydrogens (tertiary/aromatic N) is 1. The van der Waals surface area contributed by atoms with Gasteiger partial charge in [0.15, 0.2) is 0 Å². The van der Waals surface area contributed by atoms with Crippen molar-refractivity contribution >= 4 is 33.2 Å². The third-order valence-electron chi connectivity index (χ3n) is 5.90. The van der Waals surface area contributed by atoms with E-state index in [2.05, 4.69) is 5.32 Å². The number of aryl methyl sites for hydroxylation is 3. The number of ether oxygens (including phenoxy) is 1. The first-order valence-electron chi connectivity index (χ1n) is 11.4. The summed E-state index contributed by atoms with van der Waals surface area (Å²) < 4.78 is 33.6. The Kier molecular flexibility index (Phi) is 8.46. The maximum Gasteiger partial charge on any atom is 0.264 e. The molecule has 0 saturated carbocycles. The highest BCUT2D eigenvalue weighted by Crippen LogP contribution is 2.29. The molecule has 3 aromatic rings. The number of nitrogens with one attached hydrogen (secondary N) is 1. The first-order valence-corrected chi connectivity index (χ1v) is 13.2. The molecular weight excluding hydrogens is 484 g/mol. The van der Waals surface area contributed by atoms with E-state index in [1.807, 2.05) is 45.9 Å². The van der Waals surface area contributed by atoms with Crippen LogP contribution < -0.4 is 14.4 Å². The zero-order valence-electron chi connectivity index (χ0n) is 20.6. The van der Waals surface area contributed by atoms with Crippen LogP contribution in [0.15, 0.2) is 65.6 Å². The predicted molar refractivity (Wildman–Crippen MR) is 141 cm³/mol. The van der Waals surface area contributed by atoms with Crippen LogP contribution in [0.5, 0.6) is 5.75 Å². The van der Waals surface area contributed by atoms with Gasteiger partial charge in [-0.1, -0.05) is 54.4 Å². The molecule has 0 unspecified atom stereocenters. The van der Waals surface area contributed by atoms with E-state index < -0.39 is 15.9 Å². The van der Waals surface area contributed by atoms with Crippen LogP contribution in [0.25, 0.3) is 0 Å². The maximum absolute atomic E-state index is 13.6. The second-order valence-corrected chi connectivity index (χ2v) is 10.8. The second-order valence-electron chi connectivity index (χ2n) is 8.52. The van der Waals surface area contributed by atoms with E-state index in [-0.39, 0.29) is 17.5 Å². The molecule has 35 heavy (non-hydrogen) atoms. The van der Waals surface area contributed by atoms with E-state index >= 15 is 0 Å². The van der Waals surface area contributed by atoms with Gasteiger partial charge in [-0.25, -0.2) is 8.42 Å². The van der Waals surface area contributed by atoms with Crippen LogP contribution in [0.2, 0.25) is 5.02 Å². The number of halogens is 1. The number of amides is 1. The number of hydrogen-bond donors (Lipinski definition) is 1. The predicted octanol–water partition coefficient (Wildman–Crippen LogP) is 5.74. The van der Waals surface area contributed by atoms with Gasteiger partial charge in [0.1, 0.15) is 12.3 Å². The van der Waals surface area contributed by atoms with E-state index in [4.69, 9.17) is 16.3 Å². The molecule has 3 rings (SSSR count). The molecule has 0 aliphatic rings. The summed E-state index contributed by atoms with van der Waals surface area (Å²) in [5.41, 5.74) is 3.95. The normalized spacial score (nSPS) is 12.2. The summed E-state index contributed by atoms with van der Waals surface area (Å²) in [7, 11) is -2.41. The minimum Gasteiger partial charge on any atom is -0.496 e. The Morgan fingerprint density at radius 1 is 1.00 bits per heavy atom. The fraction of sp³-hybridized carbons (Fsp3) is 0.296. The number of anilines is 1. The largest absolute Gasteiger partial charge is 0.496 e. The zero-order valence-corrected chi connectivity index (χ0v) is 22.2. The van der Waals surface area contributed by atoms with E-state index in [0.29, 0.717) is 17.1 Å². The Morgan fingerprint density at radius 2 is 1.69 bits per heavy atom. The summed E-state index contributed by atoms with van der Waals surface area (Å²) >= 11 is 6.31. The Balaban J connectivity index is 1.93. The molecule has 186 valence electrons. The van der Waals surface area contributed by atoms with E-state index in [1.165, 1.54) is 0 Å². The van der Waals surface area contributed by atoms with Crippen molar-refractivity contribution in [2.75, 3.05) is 18.0 Å². The summed E-state index contributed by atoms with van der Waals surface area (Å²) in [5.74, 6) is 0.347. The lowest BCUT2D eigenvalue weighted by atomic mass is 10.0. The molecule has 8 heteroatoms. The van der Waals surface area contributed by atoms with Crippen molar-refractivity contribution in [2.45, 2.75) is 45.1 Å². The molecule has 0 fully saturated rings. The van der Waals surface area contributed by atoms with Crippen molar-refractivity contribution in [1.29, 1.82) is 0 Å². The highest BCUT2D eigenvalue weighted by molar-refractivity contribution is 7.92. The first-order chi connectivity index (χ1) is 16.6. The van der Waals surface area contributed by atoms with E-state index in [9.17, 15) is 13.2 Å². The lowest BCUT2D eigenvalue weighted by Gasteiger charge is -2.26. The average Bonchev–Trinajstić information content (AvgIpc) is 2.83. The fourth-order valence-electron chi connectivity index (χ4n) is 3.80. The summed E-state index contributed by atoms with van der Waals surface area (Å²) in [6.45, 7) is 7.23. The fourth-order valence-corrected chi connectivity index (χ4v) is 5.39. The van der Waals surface area contributed by atoms with Gasteiger partial charge in [0.2, 0.25) is 5.91 Å². The van der Waals surface area contributed by atoms with Crippen LogP contribution in [0.4, 0.5) is 5.69 Å². The summed E-state index contributed by atoms with van der Waals surface area (Å²) in [6, 6.07) is 17.0. The van der Waals surface area contributed by atoms with Gasteiger partial charge in [0.25, 0.3) is 10.0 Å². The molecule has 0 radical (unpaired) electrons.